The minimum absolute atomic E-state index is 0.0864. The second-order valence-electron chi connectivity index (χ2n) is 3.45. The molecule has 0 aromatic heterocycles. The molecule has 1 heterocycles. The van der Waals surface area contributed by atoms with Gasteiger partial charge in [-0.05, 0) is 34.1 Å². The number of nitrogens with zero attached hydrogens (tertiary/aromatic N) is 2. The highest BCUT2D eigenvalue weighted by Crippen LogP contribution is 2.24. The maximum atomic E-state index is 13.3. The van der Waals surface area contributed by atoms with Gasteiger partial charge in [-0.25, -0.2) is 9.18 Å². The summed E-state index contributed by atoms with van der Waals surface area (Å²) in [5, 5.41) is 0. The Bertz CT molecular complexity index is 410. The van der Waals surface area contributed by atoms with Gasteiger partial charge in [0, 0.05) is 25.8 Å². The van der Waals surface area contributed by atoms with Gasteiger partial charge in [-0.2, -0.15) is 0 Å². The van der Waals surface area contributed by atoms with Crippen LogP contribution in [-0.2, 0) is 0 Å². The third-order valence-corrected chi connectivity index (χ3v) is 3.07. The molecule has 2 rings (SSSR count). The van der Waals surface area contributed by atoms with Crippen LogP contribution in [-0.4, -0.2) is 31.1 Å². The van der Waals surface area contributed by atoms with Gasteiger partial charge in [-0.1, -0.05) is 0 Å². The summed E-state index contributed by atoms with van der Waals surface area (Å²) >= 11 is 3.08. The molecule has 0 unspecified atom stereocenters. The predicted octanol–water partition coefficient (Wildman–Crippen LogP) is 2.46. The first-order valence-corrected chi connectivity index (χ1v) is 5.36. The highest BCUT2D eigenvalue weighted by molar-refractivity contribution is 9.10. The minimum Gasteiger partial charge on any atom is -0.326 e. The average molecular weight is 273 g/mol. The third-order valence-electron chi connectivity index (χ3n) is 2.43. The number of urea groups is 1. The molecule has 0 bridgehead atoms. The molecular weight excluding hydrogens is 263 g/mol. The quantitative estimate of drug-likeness (QED) is 0.771. The Labute approximate surface area is 95.6 Å². The molecule has 0 radical (unpaired) electrons. The number of carbonyl (C=O) groups excluding carboxylic acids is 1. The van der Waals surface area contributed by atoms with Gasteiger partial charge in [-0.3, -0.25) is 4.90 Å². The van der Waals surface area contributed by atoms with Crippen LogP contribution >= 0.6 is 15.9 Å². The number of halogens is 2. The molecule has 15 heavy (non-hydrogen) atoms. The number of amides is 2. The van der Waals surface area contributed by atoms with Crippen molar-refractivity contribution in [1.29, 1.82) is 0 Å². The van der Waals surface area contributed by atoms with Crippen molar-refractivity contribution in [2.75, 3.05) is 25.0 Å². The Morgan fingerprint density at radius 1 is 1.40 bits per heavy atom. The van der Waals surface area contributed by atoms with E-state index in [1.54, 1.807) is 29.0 Å². The van der Waals surface area contributed by atoms with Crippen molar-refractivity contribution in [2.45, 2.75) is 0 Å². The molecule has 5 heteroatoms. The summed E-state index contributed by atoms with van der Waals surface area (Å²) in [6.07, 6.45) is 0. The Kier molecular flexibility index (Phi) is 2.65. The molecule has 0 saturated carbocycles. The highest BCUT2D eigenvalue weighted by atomic mass is 79.9. The van der Waals surface area contributed by atoms with Crippen LogP contribution in [0, 0.1) is 5.82 Å². The van der Waals surface area contributed by atoms with Gasteiger partial charge >= 0.3 is 6.03 Å². The summed E-state index contributed by atoms with van der Waals surface area (Å²) in [6, 6.07) is 4.61. The van der Waals surface area contributed by atoms with Crippen LogP contribution in [0.2, 0.25) is 0 Å². The van der Waals surface area contributed by atoms with Crippen molar-refractivity contribution in [1.82, 2.24) is 4.90 Å². The van der Waals surface area contributed by atoms with E-state index in [2.05, 4.69) is 15.9 Å². The van der Waals surface area contributed by atoms with Crippen LogP contribution in [0.25, 0.3) is 0 Å². The van der Waals surface area contributed by atoms with Crippen LogP contribution in [0.15, 0.2) is 22.7 Å². The van der Waals surface area contributed by atoms with Gasteiger partial charge in [0.2, 0.25) is 0 Å². The zero-order chi connectivity index (χ0) is 11.0. The Hall–Kier alpha value is -1.10. The largest absolute Gasteiger partial charge is 0.326 e. The van der Waals surface area contributed by atoms with E-state index in [9.17, 15) is 9.18 Å². The highest BCUT2D eigenvalue weighted by Gasteiger charge is 2.26. The zero-order valence-electron chi connectivity index (χ0n) is 8.20. The fraction of sp³-hybridized carbons (Fsp3) is 0.300. The molecule has 1 saturated heterocycles. The van der Waals surface area contributed by atoms with Gasteiger partial charge < -0.3 is 4.90 Å². The average Bonchev–Trinajstić information content (AvgIpc) is 2.53. The molecule has 0 aliphatic carbocycles. The molecule has 0 spiro atoms. The summed E-state index contributed by atoms with van der Waals surface area (Å²) < 4.78 is 13.7. The summed E-state index contributed by atoms with van der Waals surface area (Å²) in [5.41, 5.74) is 0.602. The van der Waals surface area contributed by atoms with Crippen LogP contribution < -0.4 is 4.90 Å². The van der Waals surface area contributed by atoms with Crippen molar-refractivity contribution < 1.29 is 9.18 Å². The second kappa shape index (κ2) is 3.81. The van der Waals surface area contributed by atoms with Gasteiger partial charge in [-0.15, -0.1) is 0 Å². The molecule has 0 atom stereocenters. The van der Waals surface area contributed by atoms with Crippen molar-refractivity contribution in [3.8, 4) is 0 Å². The van der Waals surface area contributed by atoms with Crippen molar-refractivity contribution in [2.24, 2.45) is 0 Å². The van der Waals surface area contributed by atoms with E-state index in [1.807, 2.05) is 0 Å². The van der Waals surface area contributed by atoms with E-state index in [1.165, 1.54) is 6.07 Å². The fourth-order valence-corrected chi connectivity index (χ4v) is 1.79. The van der Waals surface area contributed by atoms with Crippen molar-refractivity contribution in [3.05, 3.63) is 28.5 Å². The monoisotopic (exact) mass is 272 g/mol. The molecular formula is C10H10BrFN2O. The van der Waals surface area contributed by atoms with E-state index in [0.29, 0.717) is 23.2 Å². The molecule has 1 aliphatic rings. The first-order chi connectivity index (χ1) is 7.09. The number of hydrogen-bond donors (Lipinski definition) is 0. The Morgan fingerprint density at radius 3 is 2.67 bits per heavy atom. The topological polar surface area (TPSA) is 23.6 Å². The Morgan fingerprint density at radius 2 is 2.13 bits per heavy atom. The number of benzene rings is 1. The van der Waals surface area contributed by atoms with E-state index in [4.69, 9.17) is 0 Å². The molecule has 1 aromatic carbocycles. The van der Waals surface area contributed by atoms with E-state index in [0.717, 1.165) is 0 Å². The van der Waals surface area contributed by atoms with Crippen LogP contribution in [0.5, 0.6) is 0 Å². The van der Waals surface area contributed by atoms with Crippen LogP contribution in [0.4, 0.5) is 14.9 Å². The van der Waals surface area contributed by atoms with E-state index in [-0.39, 0.29) is 11.8 Å². The van der Waals surface area contributed by atoms with Crippen molar-refractivity contribution in [3.63, 3.8) is 0 Å². The van der Waals surface area contributed by atoms with Crippen molar-refractivity contribution >= 4 is 27.6 Å². The number of carbonyl (C=O) groups is 1. The molecule has 1 fully saturated rings. The number of likely N-dealkylation sites (N-methyl/N-ethyl adjacent to an activating group) is 1. The molecule has 2 amide bonds. The lowest BCUT2D eigenvalue weighted by molar-refractivity contribution is 0.229. The smallest absolute Gasteiger partial charge is 0.324 e. The molecule has 1 aromatic rings. The SMILES string of the molecule is CN1CCN(c2ccc(Br)c(F)c2)C1=O. The maximum Gasteiger partial charge on any atom is 0.324 e. The standard InChI is InChI=1S/C10H10BrFN2O/c1-13-4-5-14(10(13)15)7-2-3-8(11)9(12)6-7/h2-3,6H,4-5H2,1H3. The molecule has 0 N–H and O–H groups in total. The molecule has 1 aliphatic heterocycles. The zero-order valence-corrected chi connectivity index (χ0v) is 9.79. The third kappa shape index (κ3) is 1.84. The summed E-state index contributed by atoms with van der Waals surface area (Å²) in [5.74, 6) is -0.352. The van der Waals surface area contributed by atoms with Crippen LogP contribution in [0.3, 0.4) is 0 Å². The first-order valence-electron chi connectivity index (χ1n) is 4.57. The summed E-state index contributed by atoms with van der Waals surface area (Å²) in [6.45, 7) is 1.28. The Balaban J connectivity index is 2.31. The van der Waals surface area contributed by atoms with Gasteiger partial charge in [0.25, 0.3) is 0 Å². The number of hydrogen-bond acceptors (Lipinski definition) is 1. The van der Waals surface area contributed by atoms with Gasteiger partial charge in [0.1, 0.15) is 5.82 Å². The molecule has 80 valence electrons. The first kappa shape index (κ1) is 10.4. The lowest BCUT2D eigenvalue weighted by Crippen LogP contribution is -2.29. The van der Waals surface area contributed by atoms with E-state index >= 15 is 0 Å². The fourth-order valence-electron chi connectivity index (χ4n) is 1.54. The lowest BCUT2D eigenvalue weighted by atomic mass is 10.3. The summed E-state index contributed by atoms with van der Waals surface area (Å²) in [4.78, 5) is 14.8. The summed E-state index contributed by atoms with van der Waals surface area (Å²) in [7, 11) is 1.73. The number of rotatable bonds is 1. The maximum absolute atomic E-state index is 13.3. The van der Waals surface area contributed by atoms with Gasteiger partial charge in [0.15, 0.2) is 0 Å². The normalized spacial score (nSPS) is 16.3. The molecule has 3 nitrogen and oxygen atoms in total. The second-order valence-corrected chi connectivity index (χ2v) is 4.31. The van der Waals surface area contributed by atoms with E-state index < -0.39 is 0 Å². The predicted molar refractivity (Wildman–Crippen MR) is 59.5 cm³/mol. The number of anilines is 1. The van der Waals surface area contributed by atoms with Gasteiger partial charge in [0.05, 0.1) is 4.47 Å². The lowest BCUT2D eigenvalue weighted by Gasteiger charge is -2.16. The minimum atomic E-state index is -0.352. The van der Waals surface area contributed by atoms with Crippen LogP contribution in [0.1, 0.15) is 0 Å².